The number of ketones is 1. The second-order valence-electron chi connectivity index (χ2n) is 2.97. The molecule has 13 heavy (non-hydrogen) atoms. The van der Waals surface area contributed by atoms with Crippen molar-refractivity contribution < 1.29 is 9.90 Å². The van der Waals surface area contributed by atoms with E-state index in [2.05, 4.69) is 0 Å². The SMILES string of the molecule is CC(=O)C[C@@H](O)c1ccc(Cl)cc1. The van der Waals surface area contributed by atoms with Gasteiger partial charge in [-0.3, -0.25) is 4.79 Å². The van der Waals surface area contributed by atoms with Crippen molar-refractivity contribution in [2.45, 2.75) is 19.4 Å². The molecule has 1 atom stereocenters. The first kappa shape index (κ1) is 10.2. The molecule has 0 fully saturated rings. The van der Waals surface area contributed by atoms with Crippen molar-refractivity contribution in [3.63, 3.8) is 0 Å². The zero-order valence-electron chi connectivity index (χ0n) is 7.33. The Morgan fingerprint density at radius 2 is 2.00 bits per heavy atom. The summed E-state index contributed by atoms with van der Waals surface area (Å²) >= 11 is 5.67. The molecular formula is C10H11ClO2. The van der Waals surface area contributed by atoms with E-state index in [4.69, 9.17) is 11.6 Å². The Kier molecular flexibility index (Phi) is 3.46. The molecule has 0 bridgehead atoms. The quantitative estimate of drug-likeness (QED) is 0.810. The Hall–Kier alpha value is -0.860. The molecule has 0 spiro atoms. The Bertz CT molecular complexity index is 292. The van der Waals surface area contributed by atoms with Gasteiger partial charge in [-0.1, -0.05) is 23.7 Å². The van der Waals surface area contributed by atoms with E-state index in [-0.39, 0.29) is 12.2 Å². The van der Waals surface area contributed by atoms with E-state index in [1.54, 1.807) is 24.3 Å². The van der Waals surface area contributed by atoms with E-state index in [0.717, 1.165) is 5.56 Å². The molecule has 3 heteroatoms. The van der Waals surface area contributed by atoms with Crippen LogP contribution in [0.15, 0.2) is 24.3 Å². The van der Waals surface area contributed by atoms with Crippen molar-refractivity contribution in [2.24, 2.45) is 0 Å². The summed E-state index contributed by atoms with van der Waals surface area (Å²) in [5, 5.41) is 10.1. The smallest absolute Gasteiger partial charge is 0.132 e. The Labute approximate surface area is 82.2 Å². The third kappa shape index (κ3) is 3.17. The van der Waals surface area contributed by atoms with Gasteiger partial charge >= 0.3 is 0 Å². The predicted molar refractivity (Wildman–Crippen MR) is 51.7 cm³/mol. The summed E-state index contributed by atoms with van der Waals surface area (Å²) in [6, 6.07) is 6.83. The van der Waals surface area contributed by atoms with Crippen molar-refractivity contribution in [3.05, 3.63) is 34.9 Å². The predicted octanol–water partition coefficient (Wildman–Crippen LogP) is 2.35. The van der Waals surface area contributed by atoms with Gasteiger partial charge in [0.05, 0.1) is 6.10 Å². The van der Waals surface area contributed by atoms with Gasteiger partial charge in [-0.2, -0.15) is 0 Å². The number of carbonyl (C=O) groups is 1. The number of aliphatic hydroxyl groups is 1. The number of rotatable bonds is 3. The van der Waals surface area contributed by atoms with Gasteiger partial charge in [-0.25, -0.2) is 0 Å². The molecule has 0 amide bonds. The standard InChI is InChI=1S/C10H11ClO2/c1-7(12)6-10(13)8-2-4-9(11)5-3-8/h2-5,10,13H,6H2,1H3/t10-/m1/s1. The molecule has 70 valence electrons. The van der Waals surface area contributed by atoms with Gasteiger partial charge in [0.15, 0.2) is 0 Å². The highest BCUT2D eigenvalue weighted by atomic mass is 35.5. The number of Topliss-reactive ketones (excluding diaryl/α,β-unsaturated/α-hetero) is 1. The molecule has 1 aromatic rings. The van der Waals surface area contributed by atoms with Gasteiger partial charge in [0, 0.05) is 11.4 Å². The van der Waals surface area contributed by atoms with Gasteiger partial charge in [-0.15, -0.1) is 0 Å². The maximum absolute atomic E-state index is 10.7. The van der Waals surface area contributed by atoms with Crippen molar-refractivity contribution in [2.75, 3.05) is 0 Å². The molecule has 0 unspecified atom stereocenters. The van der Waals surface area contributed by atoms with E-state index >= 15 is 0 Å². The Balaban J connectivity index is 2.71. The zero-order valence-corrected chi connectivity index (χ0v) is 8.08. The first-order valence-electron chi connectivity index (χ1n) is 4.02. The number of carbonyl (C=O) groups excluding carboxylic acids is 1. The highest BCUT2D eigenvalue weighted by Crippen LogP contribution is 2.18. The van der Waals surface area contributed by atoms with Crippen LogP contribution in [0.5, 0.6) is 0 Å². The lowest BCUT2D eigenvalue weighted by Crippen LogP contribution is -2.02. The highest BCUT2D eigenvalue weighted by Gasteiger charge is 2.09. The number of benzene rings is 1. The first-order valence-corrected chi connectivity index (χ1v) is 4.40. The topological polar surface area (TPSA) is 37.3 Å². The molecule has 2 nitrogen and oxygen atoms in total. The van der Waals surface area contributed by atoms with Crippen molar-refractivity contribution in [1.29, 1.82) is 0 Å². The van der Waals surface area contributed by atoms with Gasteiger partial charge in [0.2, 0.25) is 0 Å². The molecule has 1 aromatic carbocycles. The lowest BCUT2D eigenvalue weighted by Gasteiger charge is -2.08. The highest BCUT2D eigenvalue weighted by molar-refractivity contribution is 6.30. The first-order chi connectivity index (χ1) is 6.09. The molecule has 0 aromatic heterocycles. The van der Waals surface area contributed by atoms with E-state index in [9.17, 15) is 9.90 Å². The van der Waals surface area contributed by atoms with E-state index < -0.39 is 6.10 Å². The van der Waals surface area contributed by atoms with Crippen LogP contribution in [0.25, 0.3) is 0 Å². The molecule has 0 aliphatic rings. The summed E-state index contributed by atoms with van der Waals surface area (Å²) in [7, 11) is 0. The monoisotopic (exact) mass is 198 g/mol. The van der Waals surface area contributed by atoms with Crippen LogP contribution in [0, 0.1) is 0 Å². The third-order valence-electron chi connectivity index (χ3n) is 1.74. The van der Waals surface area contributed by atoms with E-state index in [1.807, 2.05) is 0 Å². The van der Waals surface area contributed by atoms with Crippen LogP contribution >= 0.6 is 11.6 Å². The van der Waals surface area contributed by atoms with Gasteiger partial charge in [0.25, 0.3) is 0 Å². The number of hydrogen-bond acceptors (Lipinski definition) is 2. The minimum Gasteiger partial charge on any atom is -0.388 e. The number of halogens is 1. The summed E-state index contributed by atoms with van der Waals surface area (Å²) in [4.78, 5) is 10.7. The van der Waals surface area contributed by atoms with Crippen LogP contribution in [-0.2, 0) is 4.79 Å². The number of aliphatic hydroxyl groups excluding tert-OH is 1. The Morgan fingerprint density at radius 3 is 2.46 bits per heavy atom. The fraction of sp³-hybridized carbons (Fsp3) is 0.300. The van der Waals surface area contributed by atoms with Crippen LogP contribution in [0.4, 0.5) is 0 Å². The molecule has 1 rings (SSSR count). The molecule has 0 aliphatic carbocycles. The molecule has 0 heterocycles. The van der Waals surface area contributed by atoms with Crippen LogP contribution in [0.1, 0.15) is 25.0 Å². The van der Waals surface area contributed by atoms with Crippen molar-refractivity contribution in [3.8, 4) is 0 Å². The molecule has 0 radical (unpaired) electrons. The average molecular weight is 199 g/mol. The fourth-order valence-corrected chi connectivity index (χ4v) is 1.20. The average Bonchev–Trinajstić information content (AvgIpc) is 2.04. The lowest BCUT2D eigenvalue weighted by molar-refractivity contribution is -0.118. The van der Waals surface area contributed by atoms with Crippen LogP contribution in [-0.4, -0.2) is 10.9 Å². The normalized spacial score (nSPS) is 12.5. The largest absolute Gasteiger partial charge is 0.388 e. The summed E-state index contributed by atoms with van der Waals surface area (Å²) < 4.78 is 0. The van der Waals surface area contributed by atoms with Gasteiger partial charge in [-0.05, 0) is 24.6 Å². The van der Waals surface area contributed by atoms with E-state index in [1.165, 1.54) is 6.92 Å². The maximum atomic E-state index is 10.7. The molecule has 0 saturated carbocycles. The van der Waals surface area contributed by atoms with E-state index in [0.29, 0.717) is 5.02 Å². The fourth-order valence-electron chi connectivity index (χ4n) is 1.08. The summed E-state index contributed by atoms with van der Waals surface area (Å²) in [6.45, 7) is 1.46. The minimum absolute atomic E-state index is 0.0255. The van der Waals surface area contributed by atoms with Crippen LogP contribution in [0.3, 0.4) is 0 Å². The van der Waals surface area contributed by atoms with Crippen molar-refractivity contribution >= 4 is 17.4 Å². The molecule has 0 aliphatic heterocycles. The summed E-state index contributed by atoms with van der Waals surface area (Å²) in [6.07, 6.45) is -0.559. The second kappa shape index (κ2) is 4.40. The second-order valence-corrected chi connectivity index (χ2v) is 3.41. The summed E-state index contributed by atoms with van der Waals surface area (Å²) in [5.41, 5.74) is 0.722. The molecular weight excluding hydrogens is 188 g/mol. The third-order valence-corrected chi connectivity index (χ3v) is 1.99. The maximum Gasteiger partial charge on any atom is 0.132 e. The van der Waals surface area contributed by atoms with Crippen molar-refractivity contribution in [1.82, 2.24) is 0 Å². The van der Waals surface area contributed by atoms with Gasteiger partial charge < -0.3 is 5.11 Å². The minimum atomic E-state index is -0.713. The Morgan fingerprint density at radius 1 is 1.46 bits per heavy atom. The zero-order chi connectivity index (χ0) is 9.84. The van der Waals surface area contributed by atoms with Gasteiger partial charge in [0.1, 0.15) is 5.78 Å². The molecule has 1 N–H and O–H groups in total. The number of hydrogen-bond donors (Lipinski definition) is 1. The molecule has 0 saturated heterocycles. The van der Waals surface area contributed by atoms with Crippen LogP contribution in [0.2, 0.25) is 5.02 Å². The van der Waals surface area contributed by atoms with Crippen LogP contribution < -0.4 is 0 Å². The summed E-state index contributed by atoms with van der Waals surface area (Å²) in [5.74, 6) is -0.0255. The lowest BCUT2D eigenvalue weighted by atomic mass is 10.1.